The predicted molar refractivity (Wildman–Crippen MR) is 78.0 cm³/mol. The minimum absolute atomic E-state index is 0.103. The number of nitrogens with zero attached hydrogens (tertiary/aromatic N) is 3. The molecule has 1 aromatic rings. The van der Waals surface area contributed by atoms with Crippen molar-refractivity contribution in [3.8, 4) is 6.07 Å². The minimum atomic E-state index is -3.81. The summed E-state index contributed by atoms with van der Waals surface area (Å²) in [7, 11) is 1.52. The van der Waals surface area contributed by atoms with Gasteiger partial charge in [-0.2, -0.15) is 5.26 Å². The molecule has 7 heteroatoms. The molecule has 0 unspecified atom stereocenters. The van der Waals surface area contributed by atoms with Crippen LogP contribution in [0.1, 0.15) is 52.3 Å². The molecule has 0 bridgehead atoms. The van der Waals surface area contributed by atoms with Gasteiger partial charge in [0, 0.05) is 29.3 Å². The first-order chi connectivity index (χ1) is 9.07. The van der Waals surface area contributed by atoms with Gasteiger partial charge in [0.05, 0.1) is 11.5 Å². The summed E-state index contributed by atoms with van der Waals surface area (Å²) in [6.07, 6.45) is 2.98. The Morgan fingerprint density at radius 3 is 2.55 bits per heavy atom. The molecule has 0 saturated carbocycles. The lowest BCUT2D eigenvalue weighted by atomic mass is 9.90. The number of hydrogen-bond acceptors (Lipinski definition) is 4. The van der Waals surface area contributed by atoms with Crippen molar-refractivity contribution in [3.63, 3.8) is 0 Å². The Bertz CT molecular complexity index is 612. The quantitative estimate of drug-likeness (QED) is 0.754. The van der Waals surface area contributed by atoms with Crippen molar-refractivity contribution < 1.29 is 8.42 Å². The number of imidazole rings is 1. The fourth-order valence-corrected chi connectivity index (χ4v) is 2.59. The molecule has 112 valence electrons. The van der Waals surface area contributed by atoms with E-state index >= 15 is 0 Å². The van der Waals surface area contributed by atoms with Crippen molar-refractivity contribution in [2.45, 2.75) is 58.0 Å². The van der Waals surface area contributed by atoms with Crippen LogP contribution in [0.25, 0.3) is 0 Å². The van der Waals surface area contributed by atoms with Gasteiger partial charge in [0.2, 0.25) is 0 Å². The Kier molecular flexibility index (Phi) is 5.22. The number of aromatic nitrogens is 2. The zero-order chi connectivity index (χ0) is 15.6. The Morgan fingerprint density at radius 2 is 2.10 bits per heavy atom. The molecule has 0 saturated heterocycles. The Hall–Kier alpha value is -1.06. The van der Waals surface area contributed by atoms with Gasteiger partial charge in [0.1, 0.15) is 5.82 Å². The summed E-state index contributed by atoms with van der Waals surface area (Å²) < 4.78 is 24.5. The van der Waals surface area contributed by atoms with E-state index in [0.717, 1.165) is 12.8 Å². The van der Waals surface area contributed by atoms with Crippen molar-refractivity contribution in [1.82, 2.24) is 9.55 Å². The molecule has 0 fully saturated rings. The van der Waals surface area contributed by atoms with Crippen LogP contribution in [0.15, 0.2) is 11.2 Å². The van der Waals surface area contributed by atoms with Gasteiger partial charge in [-0.05, 0) is 26.7 Å². The van der Waals surface area contributed by atoms with Gasteiger partial charge in [-0.25, -0.2) is 13.4 Å². The second-order valence-electron chi connectivity index (χ2n) is 5.82. The summed E-state index contributed by atoms with van der Waals surface area (Å²) in [6, 6.07) is 2.25. The largest absolute Gasteiger partial charge is 0.333 e. The van der Waals surface area contributed by atoms with Crippen LogP contribution >= 0.6 is 10.7 Å². The second-order valence-corrected chi connectivity index (χ2v) is 8.34. The van der Waals surface area contributed by atoms with Gasteiger partial charge >= 0.3 is 0 Å². The van der Waals surface area contributed by atoms with E-state index in [4.69, 9.17) is 15.9 Å². The van der Waals surface area contributed by atoms with E-state index in [1.165, 1.54) is 6.20 Å². The van der Waals surface area contributed by atoms with Crippen molar-refractivity contribution in [2.75, 3.05) is 0 Å². The molecule has 0 amide bonds. The van der Waals surface area contributed by atoms with Crippen LogP contribution in [-0.2, 0) is 15.6 Å². The van der Waals surface area contributed by atoms with Crippen LogP contribution in [0.3, 0.4) is 0 Å². The van der Waals surface area contributed by atoms with Crippen LogP contribution in [0, 0.1) is 16.7 Å². The second kappa shape index (κ2) is 6.15. The molecule has 0 aliphatic rings. The predicted octanol–water partition coefficient (Wildman–Crippen LogP) is 3.26. The van der Waals surface area contributed by atoms with Crippen LogP contribution in [-0.4, -0.2) is 18.0 Å². The maximum Gasteiger partial charge on any atom is 0.280 e. The molecule has 5 nitrogen and oxygen atoms in total. The molecule has 0 atom stereocenters. The molecule has 0 spiro atoms. The zero-order valence-corrected chi connectivity index (χ0v) is 13.8. The summed E-state index contributed by atoms with van der Waals surface area (Å²) in [5.41, 5.74) is -0.375. The molecule has 1 aromatic heterocycles. The van der Waals surface area contributed by atoms with Gasteiger partial charge in [0.15, 0.2) is 5.03 Å². The SMILES string of the molecule is CC(C)c1nc(S(=O)(=O)Cl)cn1CCCC(C)(C)C#N. The minimum Gasteiger partial charge on any atom is -0.333 e. The Labute approximate surface area is 125 Å². The third kappa shape index (κ3) is 4.50. The Morgan fingerprint density at radius 1 is 1.50 bits per heavy atom. The maximum absolute atomic E-state index is 11.3. The fourth-order valence-electron chi connectivity index (χ4n) is 1.91. The van der Waals surface area contributed by atoms with Crippen molar-refractivity contribution in [2.24, 2.45) is 5.41 Å². The molecule has 0 aliphatic heterocycles. The first kappa shape index (κ1) is 17.0. The number of hydrogen-bond donors (Lipinski definition) is 0. The van der Waals surface area contributed by atoms with E-state index in [0.29, 0.717) is 12.4 Å². The molecular weight excluding hydrogens is 298 g/mol. The smallest absolute Gasteiger partial charge is 0.280 e. The maximum atomic E-state index is 11.3. The van der Waals surface area contributed by atoms with Crippen LogP contribution in [0.4, 0.5) is 0 Å². The molecule has 20 heavy (non-hydrogen) atoms. The molecule has 0 N–H and O–H groups in total. The highest BCUT2D eigenvalue weighted by molar-refractivity contribution is 8.13. The van der Waals surface area contributed by atoms with E-state index in [-0.39, 0.29) is 16.4 Å². The van der Waals surface area contributed by atoms with Crippen LogP contribution < -0.4 is 0 Å². The summed E-state index contributed by atoms with van der Waals surface area (Å²) in [4.78, 5) is 4.09. The van der Waals surface area contributed by atoms with E-state index < -0.39 is 9.05 Å². The molecule has 1 heterocycles. The number of halogens is 1. The molecule has 0 aromatic carbocycles. The average molecular weight is 318 g/mol. The van der Waals surface area contributed by atoms with Crippen LogP contribution in [0.5, 0.6) is 0 Å². The van der Waals surface area contributed by atoms with Crippen molar-refractivity contribution >= 4 is 19.7 Å². The highest BCUT2D eigenvalue weighted by Gasteiger charge is 2.20. The summed E-state index contributed by atoms with van der Waals surface area (Å²) in [5.74, 6) is 0.796. The number of aryl methyl sites for hydroxylation is 1. The topological polar surface area (TPSA) is 75.8 Å². The van der Waals surface area contributed by atoms with Gasteiger partial charge in [-0.3, -0.25) is 0 Å². The highest BCUT2D eigenvalue weighted by Crippen LogP contribution is 2.24. The third-order valence-electron chi connectivity index (χ3n) is 3.05. The fraction of sp³-hybridized carbons (Fsp3) is 0.692. The summed E-state index contributed by atoms with van der Waals surface area (Å²) >= 11 is 0. The molecular formula is C13H20ClN3O2S. The monoisotopic (exact) mass is 317 g/mol. The van der Waals surface area contributed by atoms with Gasteiger partial charge in [-0.15, -0.1) is 0 Å². The van der Waals surface area contributed by atoms with Gasteiger partial charge in [-0.1, -0.05) is 13.8 Å². The van der Waals surface area contributed by atoms with Gasteiger partial charge < -0.3 is 4.57 Å². The van der Waals surface area contributed by atoms with E-state index in [1.54, 1.807) is 0 Å². The third-order valence-corrected chi connectivity index (χ3v) is 4.23. The first-order valence-electron chi connectivity index (χ1n) is 6.50. The van der Waals surface area contributed by atoms with E-state index in [9.17, 15) is 8.42 Å². The number of nitriles is 1. The summed E-state index contributed by atoms with van der Waals surface area (Å²) in [6.45, 7) is 8.29. The van der Waals surface area contributed by atoms with Crippen LogP contribution in [0.2, 0.25) is 0 Å². The summed E-state index contributed by atoms with van der Waals surface area (Å²) in [5, 5.41) is 8.87. The van der Waals surface area contributed by atoms with E-state index in [2.05, 4.69) is 11.1 Å². The number of rotatable bonds is 6. The van der Waals surface area contributed by atoms with Gasteiger partial charge in [0.25, 0.3) is 9.05 Å². The normalized spacial score (nSPS) is 12.7. The lowest BCUT2D eigenvalue weighted by molar-refractivity contribution is 0.411. The van der Waals surface area contributed by atoms with E-state index in [1.807, 2.05) is 32.3 Å². The molecule has 0 radical (unpaired) electrons. The lowest BCUT2D eigenvalue weighted by Gasteiger charge is -2.16. The average Bonchev–Trinajstić information content (AvgIpc) is 2.73. The molecule has 0 aliphatic carbocycles. The highest BCUT2D eigenvalue weighted by atomic mass is 35.7. The van der Waals surface area contributed by atoms with Crippen molar-refractivity contribution in [3.05, 3.63) is 12.0 Å². The standard InChI is InChI=1S/C13H20ClN3O2S/c1-10(2)12-16-11(20(14,18)19)8-17(12)7-5-6-13(3,4)9-15/h8,10H,5-7H2,1-4H3. The first-order valence-corrected chi connectivity index (χ1v) is 8.81. The zero-order valence-electron chi connectivity index (χ0n) is 12.2. The van der Waals surface area contributed by atoms with Crippen molar-refractivity contribution in [1.29, 1.82) is 5.26 Å². The Balaban J connectivity index is 2.90. The molecule has 1 rings (SSSR count). The lowest BCUT2D eigenvalue weighted by Crippen LogP contribution is -2.11.